The Morgan fingerprint density at radius 1 is 1.19 bits per heavy atom. The molecule has 0 spiro atoms. The lowest BCUT2D eigenvalue weighted by atomic mass is 10.0. The highest BCUT2D eigenvalue weighted by Crippen LogP contribution is 2.19. The number of aromatic nitrogens is 2. The number of para-hydroxylation sites is 2. The number of carboxylic acid groups (broad SMARTS) is 1. The van der Waals surface area contributed by atoms with Crippen molar-refractivity contribution in [1.29, 1.82) is 0 Å². The molecular formula is C17H16N2O2. The van der Waals surface area contributed by atoms with Crippen LogP contribution in [0.25, 0.3) is 11.0 Å². The molecule has 0 radical (unpaired) electrons. The van der Waals surface area contributed by atoms with E-state index in [4.69, 9.17) is 5.11 Å². The van der Waals surface area contributed by atoms with Gasteiger partial charge in [-0.1, -0.05) is 18.2 Å². The standard InChI is InChI=1S/C17H16N2O2/c1-11-9-13(17(20)21)7-8-14(11)10-19-12(2)18-15-5-3-4-6-16(15)19/h3-9H,10H2,1-2H3,(H,20,21). The number of aromatic carboxylic acids is 1. The Morgan fingerprint density at radius 3 is 2.67 bits per heavy atom. The number of imidazole rings is 1. The van der Waals surface area contributed by atoms with Gasteiger partial charge in [0.05, 0.1) is 16.6 Å². The van der Waals surface area contributed by atoms with Crippen molar-refractivity contribution in [2.45, 2.75) is 20.4 Å². The molecule has 21 heavy (non-hydrogen) atoms. The average Bonchev–Trinajstić information content (AvgIpc) is 2.77. The topological polar surface area (TPSA) is 55.1 Å². The summed E-state index contributed by atoms with van der Waals surface area (Å²) in [6.07, 6.45) is 0. The average molecular weight is 280 g/mol. The van der Waals surface area contributed by atoms with Gasteiger partial charge in [-0.15, -0.1) is 0 Å². The van der Waals surface area contributed by atoms with Gasteiger partial charge < -0.3 is 9.67 Å². The van der Waals surface area contributed by atoms with E-state index in [0.717, 1.165) is 28.0 Å². The number of benzene rings is 2. The van der Waals surface area contributed by atoms with Crippen LogP contribution in [0.5, 0.6) is 0 Å². The van der Waals surface area contributed by atoms with Crippen LogP contribution in [-0.2, 0) is 6.54 Å². The van der Waals surface area contributed by atoms with Crippen LogP contribution in [-0.4, -0.2) is 20.6 Å². The molecule has 2 aromatic carbocycles. The van der Waals surface area contributed by atoms with Crippen molar-refractivity contribution in [3.63, 3.8) is 0 Å². The van der Waals surface area contributed by atoms with Crippen LogP contribution in [0.3, 0.4) is 0 Å². The van der Waals surface area contributed by atoms with Gasteiger partial charge in [-0.3, -0.25) is 0 Å². The predicted octanol–water partition coefficient (Wildman–Crippen LogP) is 3.40. The first-order valence-electron chi connectivity index (χ1n) is 6.81. The number of carboxylic acids is 1. The van der Waals surface area contributed by atoms with Gasteiger partial charge in [0.25, 0.3) is 0 Å². The van der Waals surface area contributed by atoms with E-state index in [2.05, 4.69) is 15.6 Å². The van der Waals surface area contributed by atoms with Crippen molar-refractivity contribution in [2.75, 3.05) is 0 Å². The minimum absolute atomic E-state index is 0.323. The SMILES string of the molecule is Cc1cc(C(=O)O)ccc1Cn1c(C)nc2ccccc21. The number of aryl methyl sites for hydroxylation is 2. The van der Waals surface area contributed by atoms with E-state index in [1.54, 1.807) is 12.1 Å². The smallest absolute Gasteiger partial charge is 0.335 e. The Kier molecular flexibility index (Phi) is 3.22. The monoisotopic (exact) mass is 280 g/mol. The number of nitrogens with zero attached hydrogens (tertiary/aromatic N) is 2. The van der Waals surface area contributed by atoms with Gasteiger partial charge in [-0.05, 0) is 49.2 Å². The van der Waals surface area contributed by atoms with Gasteiger partial charge in [0.2, 0.25) is 0 Å². The second-order valence-corrected chi connectivity index (χ2v) is 5.18. The normalized spacial score (nSPS) is 11.0. The molecule has 3 aromatic rings. The third-order valence-electron chi connectivity index (χ3n) is 3.76. The van der Waals surface area contributed by atoms with Crippen molar-refractivity contribution in [3.8, 4) is 0 Å². The zero-order chi connectivity index (χ0) is 15.0. The Morgan fingerprint density at radius 2 is 1.95 bits per heavy atom. The van der Waals surface area contributed by atoms with Crippen molar-refractivity contribution < 1.29 is 9.90 Å². The molecule has 106 valence electrons. The third kappa shape index (κ3) is 2.40. The Balaban J connectivity index is 2.03. The number of fused-ring (bicyclic) bond motifs is 1. The summed E-state index contributed by atoms with van der Waals surface area (Å²) >= 11 is 0. The van der Waals surface area contributed by atoms with Gasteiger partial charge in [0, 0.05) is 6.54 Å². The van der Waals surface area contributed by atoms with Crippen LogP contribution < -0.4 is 0 Å². The van der Waals surface area contributed by atoms with Crippen LogP contribution in [0.2, 0.25) is 0 Å². The molecule has 1 heterocycles. The van der Waals surface area contributed by atoms with E-state index in [9.17, 15) is 4.79 Å². The van der Waals surface area contributed by atoms with Crippen LogP contribution in [0, 0.1) is 13.8 Å². The van der Waals surface area contributed by atoms with Crippen LogP contribution in [0.1, 0.15) is 27.3 Å². The van der Waals surface area contributed by atoms with E-state index in [-0.39, 0.29) is 0 Å². The molecule has 0 bridgehead atoms. The Labute approximate surface area is 122 Å². The highest BCUT2D eigenvalue weighted by atomic mass is 16.4. The van der Waals surface area contributed by atoms with Crippen molar-refractivity contribution in [1.82, 2.24) is 9.55 Å². The zero-order valence-corrected chi connectivity index (χ0v) is 12.0. The fourth-order valence-electron chi connectivity index (χ4n) is 2.57. The second-order valence-electron chi connectivity index (χ2n) is 5.18. The quantitative estimate of drug-likeness (QED) is 0.800. The maximum absolute atomic E-state index is 11.0. The van der Waals surface area contributed by atoms with E-state index >= 15 is 0 Å². The number of hydrogen-bond donors (Lipinski definition) is 1. The Hall–Kier alpha value is -2.62. The highest BCUT2D eigenvalue weighted by Gasteiger charge is 2.10. The molecule has 0 aliphatic rings. The maximum Gasteiger partial charge on any atom is 0.335 e. The Bertz CT molecular complexity index is 834. The maximum atomic E-state index is 11.0. The van der Waals surface area contributed by atoms with E-state index in [0.29, 0.717) is 12.1 Å². The molecule has 0 aliphatic carbocycles. The molecule has 4 nitrogen and oxygen atoms in total. The predicted molar refractivity (Wildman–Crippen MR) is 81.7 cm³/mol. The minimum Gasteiger partial charge on any atom is -0.478 e. The van der Waals surface area contributed by atoms with Crippen LogP contribution in [0.15, 0.2) is 42.5 Å². The minimum atomic E-state index is -0.895. The number of carbonyl (C=O) groups is 1. The summed E-state index contributed by atoms with van der Waals surface area (Å²) in [6.45, 7) is 4.62. The van der Waals surface area contributed by atoms with Gasteiger partial charge in [-0.2, -0.15) is 0 Å². The lowest BCUT2D eigenvalue weighted by molar-refractivity contribution is 0.0697. The zero-order valence-electron chi connectivity index (χ0n) is 12.0. The lowest BCUT2D eigenvalue weighted by Gasteiger charge is -2.10. The highest BCUT2D eigenvalue weighted by molar-refractivity contribution is 5.87. The second kappa shape index (κ2) is 5.05. The molecule has 1 N–H and O–H groups in total. The number of hydrogen-bond acceptors (Lipinski definition) is 2. The van der Waals surface area contributed by atoms with Crippen molar-refractivity contribution >= 4 is 17.0 Å². The van der Waals surface area contributed by atoms with Crippen molar-refractivity contribution in [3.05, 3.63) is 65.0 Å². The van der Waals surface area contributed by atoms with E-state index < -0.39 is 5.97 Å². The van der Waals surface area contributed by atoms with Gasteiger partial charge in [0.15, 0.2) is 0 Å². The van der Waals surface area contributed by atoms with E-state index in [1.807, 2.05) is 38.1 Å². The van der Waals surface area contributed by atoms with Crippen LogP contribution >= 0.6 is 0 Å². The molecular weight excluding hydrogens is 264 g/mol. The summed E-state index contributed by atoms with van der Waals surface area (Å²) in [5.74, 6) is 0.0619. The molecule has 0 atom stereocenters. The molecule has 1 aromatic heterocycles. The molecule has 0 saturated carbocycles. The summed E-state index contributed by atoms with van der Waals surface area (Å²) in [6, 6.07) is 13.3. The summed E-state index contributed by atoms with van der Waals surface area (Å²) in [4.78, 5) is 15.5. The molecule has 0 aliphatic heterocycles. The summed E-state index contributed by atoms with van der Waals surface area (Å²) in [5, 5.41) is 9.03. The van der Waals surface area contributed by atoms with Gasteiger partial charge in [0.1, 0.15) is 5.82 Å². The molecule has 0 fully saturated rings. The first kappa shape index (κ1) is 13.4. The molecule has 0 saturated heterocycles. The summed E-state index contributed by atoms with van der Waals surface area (Å²) in [7, 11) is 0. The van der Waals surface area contributed by atoms with Gasteiger partial charge >= 0.3 is 5.97 Å². The van der Waals surface area contributed by atoms with E-state index in [1.165, 1.54) is 0 Å². The molecule has 3 rings (SSSR count). The fraction of sp³-hybridized carbons (Fsp3) is 0.176. The van der Waals surface area contributed by atoms with Crippen molar-refractivity contribution in [2.24, 2.45) is 0 Å². The van der Waals surface area contributed by atoms with Crippen LogP contribution in [0.4, 0.5) is 0 Å². The number of rotatable bonds is 3. The molecule has 0 amide bonds. The third-order valence-corrected chi connectivity index (χ3v) is 3.76. The first-order chi connectivity index (χ1) is 10.1. The molecule has 0 unspecified atom stereocenters. The summed E-state index contributed by atoms with van der Waals surface area (Å²) in [5.41, 5.74) is 4.48. The molecule has 4 heteroatoms. The first-order valence-corrected chi connectivity index (χ1v) is 6.81. The summed E-state index contributed by atoms with van der Waals surface area (Å²) < 4.78 is 2.15. The fourth-order valence-corrected chi connectivity index (χ4v) is 2.57. The van der Waals surface area contributed by atoms with Gasteiger partial charge in [-0.25, -0.2) is 9.78 Å². The lowest BCUT2D eigenvalue weighted by Crippen LogP contribution is -2.05. The largest absolute Gasteiger partial charge is 0.478 e.